The Morgan fingerprint density at radius 2 is 1.78 bits per heavy atom. The number of benzene rings is 1. The third-order valence-electron chi connectivity index (χ3n) is 0.950. The fourth-order valence-corrected chi connectivity index (χ4v) is 1.54. The summed E-state index contributed by atoms with van der Waals surface area (Å²) < 4.78 is 1.13. The van der Waals surface area contributed by atoms with Crippen molar-refractivity contribution in [2.45, 2.75) is 4.90 Å². The standard InChI is InChI=1S/C6H6BrPS/c7-5-1-3-6(9-8)4-2-5/h1-4H,8H2. The third kappa shape index (κ3) is 2.29. The molecule has 0 aliphatic heterocycles. The third-order valence-corrected chi connectivity index (χ3v) is 2.84. The highest BCUT2D eigenvalue weighted by molar-refractivity contribution is 9.10. The first-order valence-electron chi connectivity index (χ1n) is 2.45. The molecule has 1 rings (SSSR count). The Hall–Kier alpha value is 0.480. The molecular weight excluding hydrogens is 215 g/mol. The minimum Gasteiger partial charge on any atom is -0.105 e. The summed E-state index contributed by atoms with van der Waals surface area (Å²) in [7, 11) is 2.61. The van der Waals surface area contributed by atoms with Crippen molar-refractivity contribution in [3.05, 3.63) is 28.7 Å². The van der Waals surface area contributed by atoms with E-state index in [9.17, 15) is 0 Å². The molecule has 9 heavy (non-hydrogen) atoms. The molecule has 0 spiro atoms. The monoisotopic (exact) mass is 220 g/mol. The van der Waals surface area contributed by atoms with E-state index in [1.54, 1.807) is 11.4 Å². The van der Waals surface area contributed by atoms with Crippen LogP contribution in [0.25, 0.3) is 0 Å². The Morgan fingerprint density at radius 3 is 2.22 bits per heavy atom. The van der Waals surface area contributed by atoms with Gasteiger partial charge in [0, 0.05) is 9.37 Å². The lowest BCUT2D eigenvalue weighted by Gasteiger charge is -1.92. The molecule has 0 bridgehead atoms. The summed E-state index contributed by atoms with van der Waals surface area (Å²) in [5.41, 5.74) is 0. The van der Waals surface area contributed by atoms with Crippen molar-refractivity contribution >= 4 is 35.8 Å². The van der Waals surface area contributed by atoms with Crippen molar-refractivity contribution in [2.24, 2.45) is 0 Å². The maximum absolute atomic E-state index is 3.36. The lowest BCUT2D eigenvalue weighted by atomic mass is 10.4. The fraction of sp³-hybridized carbons (Fsp3) is 0. The van der Waals surface area contributed by atoms with Gasteiger partial charge in [-0.05, 0) is 24.3 Å². The van der Waals surface area contributed by atoms with Crippen LogP contribution in [0.1, 0.15) is 0 Å². The van der Waals surface area contributed by atoms with Gasteiger partial charge in [-0.3, -0.25) is 0 Å². The Kier molecular flexibility index (Phi) is 3.03. The molecule has 1 unspecified atom stereocenters. The quantitative estimate of drug-likeness (QED) is 0.655. The molecule has 1 atom stereocenters. The molecular formula is C6H6BrPS. The summed E-state index contributed by atoms with van der Waals surface area (Å²) in [6, 6.07) is 8.21. The molecule has 0 aliphatic carbocycles. The van der Waals surface area contributed by atoms with Crippen LogP contribution in [0, 0.1) is 0 Å². The molecule has 1 aromatic carbocycles. The van der Waals surface area contributed by atoms with Gasteiger partial charge in [-0.25, -0.2) is 0 Å². The summed E-state index contributed by atoms with van der Waals surface area (Å²) >= 11 is 5.03. The van der Waals surface area contributed by atoms with E-state index in [0.29, 0.717) is 0 Å². The van der Waals surface area contributed by atoms with Gasteiger partial charge in [-0.15, -0.1) is 11.4 Å². The highest BCUT2D eigenvalue weighted by atomic mass is 79.9. The van der Waals surface area contributed by atoms with Gasteiger partial charge in [-0.1, -0.05) is 24.4 Å². The predicted molar refractivity (Wildman–Crippen MR) is 49.7 cm³/mol. The molecule has 0 saturated carbocycles. The molecule has 1 aromatic rings. The van der Waals surface area contributed by atoms with Crippen molar-refractivity contribution in [3.8, 4) is 0 Å². The largest absolute Gasteiger partial charge is 0.105 e. The van der Waals surface area contributed by atoms with Crippen LogP contribution in [0.15, 0.2) is 33.6 Å². The van der Waals surface area contributed by atoms with Gasteiger partial charge in [0.25, 0.3) is 0 Å². The second-order valence-corrected chi connectivity index (χ2v) is 3.90. The molecule has 0 N–H and O–H groups in total. The van der Waals surface area contributed by atoms with Crippen LogP contribution in [0.4, 0.5) is 0 Å². The van der Waals surface area contributed by atoms with Crippen molar-refractivity contribution < 1.29 is 0 Å². The molecule has 0 heterocycles. The van der Waals surface area contributed by atoms with Gasteiger partial charge < -0.3 is 0 Å². The van der Waals surface area contributed by atoms with E-state index < -0.39 is 0 Å². The highest BCUT2D eigenvalue weighted by Crippen LogP contribution is 2.25. The van der Waals surface area contributed by atoms with E-state index in [1.807, 2.05) is 12.1 Å². The van der Waals surface area contributed by atoms with Crippen LogP contribution in [0.5, 0.6) is 0 Å². The van der Waals surface area contributed by atoms with Crippen LogP contribution in [-0.2, 0) is 0 Å². The first-order chi connectivity index (χ1) is 4.33. The Labute approximate surface area is 69.5 Å². The molecule has 0 nitrogen and oxygen atoms in total. The topological polar surface area (TPSA) is 0 Å². The van der Waals surface area contributed by atoms with Gasteiger partial charge in [-0.2, -0.15) is 0 Å². The smallest absolute Gasteiger partial charge is 0.0176 e. The van der Waals surface area contributed by atoms with Crippen molar-refractivity contribution in [2.75, 3.05) is 0 Å². The Balaban J connectivity index is 2.88. The molecule has 3 heteroatoms. The Bertz CT molecular complexity index is 185. The second kappa shape index (κ2) is 3.60. The lowest BCUT2D eigenvalue weighted by Crippen LogP contribution is -1.64. The Morgan fingerprint density at radius 1 is 1.22 bits per heavy atom. The first kappa shape index (κ1) is 7.59. The average molecular weight is 221 g/mol. The van der Waals surface area contributed by atoms with Gasteiger partial charge in [0.05, 0.1) is 0 Å². The van der Waals surface area contributed by atoms with Crippen molar-refractivity contribution in [1.82, 2.24) is 0 Å². The van der Waals surface area contributed by atoms with Crippen LogP contribution in [-0.4, -0.2) is 0 Å². The normalized spacial score (nSPS) is 9.56. The highest BCUT2D eigenvalue weighted by Gasteiger charge is 1.86. The molecule has 0 aromatic heterocycles. The van der Waals surface area contributed by atoms with E-state index in [1.165, 1.54) is 4.90 Å². The summed E-state index contributed by atoms with van der Waals surface area (Å²) in [5.74, 6) is 0. The molecule has 0 radical (unpaired) electrons. The second-order valence-electron chi connectivity index (χ2n) is 1.57. The maximum Gasteiger partial charge on any atom is 0.0176 e. The summed E-state index contributed by atoms with van der Waals surface area (Å²) in [4.78, 5) is 1.27. The van der Waals surface area contributed by atoms with Gasteiger partial charge in [0.1, 0.15) is 0 Å². The molecule has 48 valence electrons. The molecule has 0 fully saturated rings. The van der Waals surface area contributed by atoms with Crippen LogP contribution in [0.2, 0.25) is 0 Å². The number of rotatable bonds is 1. The molecule has 0 aliphatic rings. The van der Waals surface area contributed by atoms with E-state index in [0.717, 1.165) is 4.47 Å². The summed E-state index contributed by atoms with van der Waals surface area (Å²) in [5, 5.41) is 0. The summed E-state index contributed by atoms with van der Waals surface area (Å²) in [6.07, 6.45) is 0. The first-order valence-corrected chi connectivity index (χ1v) is 5.54. The minimum atomic E-state index is 1.13. The number of hydrogen-bond donors (Lipinski definition) is 0. The summed E-state index contributed by atoms with van der Waals surface area (Å²) in [6.45, 7) is 0. The van der Waals surface area contributed by atoms with Crippen molar-refractivity contribution in [1.29, 1.82) is 0 Å². The van der Waals surface area contributed by atoms with E-state index in [4.69, 9.17) is 0 Å². The molecule has 0 saturated heterocycles. The van der Waals surface area contributed by atoms with Crippen LogP contribution in [0.3, 0.4) is 0 Å². The SMILES string of the molecule is PSc1ccc(Br)cc1. The number of halogens is 1. The molecule has 0 amide bonds. The fourth-order valence-electron chi connectivity index (χ4n) is 0.513. The van der Waals surface area contributed by atoms with Crippen LogP contribution >= 0.6 is 35.8 Å². The van der Waals surface area contributed by atoms with E-state index >= 15 is 0 Å². The van der Waals surface area contributed by atoms with Gasteiger partial charge >= 0.3 is 0 Å². The van der Waals surface area contributed by atoms with E-state index in [-0.39, 0.29) is 0 Å². The van der Waals surface area contributed by atoms with Gasteiger partial charge in [0.2, 0.25) is 0 Å². The van der Waals surface area contributed by atoms with Crippen molar-refractivity contribution in [3.63, 3.8) is 0 Å². The number of hydrogen-bond acceptors (Lipinski definition) is 1. The lowest BCUT2D eigenvalue weighted by molar-refractivity contribution is 1.45. The maximum atomic E-state index is 3.36. The zero-order valence-electron chi connectivity index (χ0n) is 4.67. The zero-order chi connectivity index (χ0) is 6.69. The van der Waals surface area contributed by atoms with Gasteiger partial charge in [0.15, 0.2) is 0 Å². The van der Waals surface area contributed by atoms with Crippen LogP contribution < -0.4 is 0 Å². The predicted octanol–water partition coefficient (Wildman–Crippen LogP) is 3.33. The average Bonchev–Trinajstić information content (AvgIpc) is 1.90. The van der Waals surface area contributed by atoms with E-state index in [2.05, 4.69) is 36.5 Å². The minimum absolute atomic E-state index is 1.13. The zero-order valence-corrected chi connectivity index (χ0v) is 8.23.